The largest absolute Gasteiger partial charge is 0.497 e. The molecule has 118 valence electrons. The van der Waals surface area contributed by atoms with Gasteiger partial charge in [0.15, 0.2) is 0 Å². The third kappa shape index (κ3) is 2.68. The second-order valence-corrected chi connectivity index (χ2v) is 5.73. The first-order chi connectivity index (χ1) is 11.0. The van der Waals surface area contributed by atoms with Gasteiger partial charge in [0.25, 0.3) is 11.1 Å². The smallest absolute Gasteiger partial charge is 0.295 e. The summed E-state index contributed by atoms with van der Waals surface area (Å²) in [6.45, 7) is 1.52. The molecule has 3 aromatic rings. The maximum Gasteiger partial charge on any atom is 0.295 e. The van der Waals surface area contributed by atoms with Crippen molar-refractivity contribution in [3.05, 3.63) is 54.7 Å². The molecule has 2 aromatic heterocycles. The number of hydrogen-bond acceptors (Lipinski definition) is 7. The molecule has 0 aliphatic carbocycles. The lowest BCUT2D eigenvalue weighted by atomic mass is 10.2. The van der Waals surface area contributed by atoms with Crippen molar-refractivity contribution in [2.75, 3.05) is 14.2 Å². The molecule has 0 aliphatic heterocycles. The van der Waals surface area contributed by atoms with Gasteiger partial charge >= 0.3 is 0 Å². The van der Waals surface area contributed by atoms with Gasteiger partial charge in [0.05, 0.1) is 18.8 Å². The molecule has 0 N–H and O–H groups in total. The van der Waals surface area contributed by atoms with E-state index in [1.807, 2.05) is 0 Å². The molecule has 0 amide bonds. The quantitative estimate of drug-likeness (QED) is 0.690. The Morgan fingerprint density at radius 3 is 2.70 bits per heavy atom. The normalized spacial score (nSPS) is 11.9. The SMILES string of the molecule is COc1ccc(OC)c(C=c2sc3nc(=O)c(C)nn3c2=O)c1. The topological polar surface area (TPSA) is 82.8 Å². The molecular weight excluding hydrogens is 318 g/mol. The number of aromatic nitrogens is 3. The van der Waals surface area contributed by atoms with Crippen LogP contribution in [0.15, 0.2) is 27.8 Å². The molecule has 0 unspecified atom stereocenters. The van der Waals surface area contributed by atoms with Gasteiger partial charge < -0.3 is 9.47 Å². The molecule has 0 spiro atoms. The molecule has 2 heterocycles. The van der Waals surface area contributed by atoms with Crippen LogP contribution in [0.25, 0.3) is 11.0 Å². The minimum absolute atomic E-state index is 0.183. The Labute approximate surface area is 134 Å². The highest BCUT2D eigenvalue weighted by Crippen LogP contribution is 2.24. The van der Waals surface area contributed by atoms with Gasteiger partial charge in [-0.05, 0) is 31.2 Å². The summed E-state index contributed by atoms with van der Waals surface area (Å²) in [5.74, 6) is 1.25. The van der Waals surface area contributed by atoms with Gasteiger partial charge in [0.1, 0.15) is 17.2 Å². The molecule has 3 rings (SSSR count). The maximum atomic E-state index is 12.4. The van der Waals surface area contributed by atoms with Crippen LogP contribution < -0.4 is 25.1 Å². The molecular formula is C15H13N3O4S. The number of thiazole rings is 1. The Balaban J connectivity index is 2.28. The highest BCUT2D eigenvalue weighted by Gasteiger charge is 2.09. The average Bonchev–Trinajstić information content (AvgIpc) is 2.83. The summed E-state index contributed by atoms with van der Waals surface area (Å²) in [6.07, 6.45) is 1.67. The fourth-order valence-corrected chi connectivity index (χ4v) is 2.98. The zero-order valence-corrected chi connectivity index (χ0v) is 13.5. The number of benzene rings is 1. The molecule has 23 heavy (non-hydrogen) atoms. The highest BCUT2D eigenvalue weighted by atomic mass is 32.1. The van der Waals surface area contributed by atoms with Gasteiger partial charge in [-0.15, -0.1) is 0 Å². The van der Waals surface area contributed by atoms with Crippen LogP contribution in [0.5, 0.6) is 11.5 Å². The summed E-state index contributed by atoms with van der Waals surface area (Å²) in [5, 5.41) is 3.98. The van der Waals surface area contributed by atoms with Crippen molar-refractivity contribution < 1.29 is 9.47 Å². The van der Waals surface area contributed by atoms with Gasteiger partial charge in [-0.1, -0.05) is 11.3 Å². The third-order valence-corrected chi connectivity index (χ3v) is 4.22. The first kappa shape index (κ1) is 15.2. The Morgan fingerprint density at radius 2 is 2.00 bits per heavy atom. The average molecular weight is 331 g/mol. The lowest BCUT2D eigenvalue weighted by molar-refractivity contribution is 0.402. The van der Waals surface area contributed by atoms with E-state index in [0.717, 1.165) is 15.9 Å². The number of aryl methyl sites for hydroxylation is 1. The van der Waals surface area contributed by atoms with Crippen LogP contribution >= 0.6 is 11.3 Å². The third-order valence-electron chi connectivity index (χ3n) is 3.27. The summed E-state index contributed by atoms with van der Waals surface area (Å²) in [6, 6.07) is 5.29. The molecule has 0 bridgehead atoms. The zero-order chi connectivity index (χ0) is 16.6. The monoisotopic (exact) mass is 331 g/mol. The van der Waals surface area contributed by atoms with Crippen molar-refractivity contribution in [2.45, 2.75) is 6.92 Å². The van der Waals surface area contributed by atoms with Crippen LogP contribution in [0.2, 0.25) is 0 Å². The van der Waals surface area contributed by atoms with Crippen LogP contribution in [0.3, 0.4) is 0 Å². The molecule has 0 aliphatic rings. The Bertz CT molecular complexity index is 1050. The number of ether oxygens (including phenoxy) is 2. The fourth-order valence-electron chi connectivity index (χ4n) is 2.08. The number of methoxy groups -OCH3 is 2. The molecule has 0 fully saturated rings. The van der Waals surface area contributed by atoms with E-state index < -0.39 is 5.56 Å². The van der Waals surface area contributed by atoms with Crippen molar-refractivity contribution in [3.8, 4) is 11.5 Å². The van der Waals surface area contributed by atoms with Crippen LogP contribution in [0, 0.1) is 6.92 Å². The van der Waals surface area contributed by atoms with E-state index in [9.17, 15) is 9.59 Å². The van der Waals surface area contributed by atoms with Crippen molar-refractivity contribution in [1.82, 2.24) is 14.6 Å². The second-order valence-electron chi connectivity index (χ2n) is 4.72. The molecule has 8 heteroatoms. The first-order valence-electron chi connectivity index (χ1n) is 6.67. The minimum Gasteiger partial charge on any atom is -0.497 e. The van der Waals surface area contributed by atoms with Crippen LogP contribution in [0.1, 0.15) is 11.3 Å². The van der Waals surface area contributed by atoms with Crippen molar-refractivity contribution in [2.24, 2.45) is 0 Å². The summed E-state index contributed by atoms with van der Waals surface area (Å²) in [4.78, 5) is 28.1. The van der Waals surface area contributed by atoms with Crippen LogP contribution in [-0.4, -0.2) is 28.8 Å². The van der Waals surface area contributed by atoms with E-state index in [1.54, 1.807) is 38.5 Å². The summed E-state index contributed by atoms with van der Waals surface area (Å²) in [5.41, 5.74) is 0.111. The van der Waals surface area contributed by atoms with Gasteiger partial charge in [0.2, 0.25) is 4.96 Å². The van der Waals surface area contributed by atoms with E-state index in [1.165, 1.54) is 6.92 Å². The Hall–Kier alpha value is -2.74. The lowest BCUT2D eigenvalue weighted by Gasteiger charge is -2.06. The molecule has 7 nitrogen and oxygen atoms in total. The lowest BCUT2D eigenvalue weighted by Crippen LogP contribution is -2.27. The molecule has 1 aromatic carbocycles. The minimum atomic E-state index is -0.434. The number of fused-ring (bicyclic) bond motifs is 1. The van der Waals surface area contributed by atoms with E-state index in [4.69, 9.17) is 9.47 Å². The van der Waals surface area contributed by atoms with E-state index in [-0.39, 0.29) is 16.2 Å². The van der Waals surface area contributed by atoms with Gasteiger partial charge in [-0.2, -0.15) is 14.6 Å². The predicted molar refractivity (Wildman–Crippen MR) is 86.5 cm³/mol. The summed E-state index contributed by atoms with van der Waals surface area (Å²) >= 11 is 1.10. The molecule has 0 atom stereocenters. The van der Waals surface area contributed by atoms with E-state index in [2.05, 4.69) is 10.1 Å². The van der Waals surface area contributed by atoms with Crippen LogP contribution in [0.4, 0.5) is 0 Å². The van der Waals surface area contributed by atoms with E-state index >= 15 is 0 Å². The van der Waals surface area contributed by atoms with Crippen molar-refractivity contribution in [3.63, 3.8) is 0 Å². The van der Waals surface area contributed by atoms with Gasteiger partial charge in [-0.25, -0.2) is 0 Å². The number of nitrogens with zero attached hydrogens (tertiary/aromatic N) is 3. The van der Waals surface area contributed by atoms with E-state index in [0.29, 0.717) is 21.6 Å². The highest BCUT2D eigenvalue weighted by molar-refractivity contribution is 7.15. The standard InChI is InChI=1S/C15H13N3O4S/c1-8-13(19)16-15-18(17-8)14(20)12(23-15)7-9-6-10(21-2)4-5-11(9)22-3/h4-7H,1-3H3. The predicted octanol–water partition coefficient (Wildman–Crippen LogP) is 0.385. The Kier molecular flexibility index (Phi) is 3.83. The number of rotatable bonds is 3. The van der Waals surface area contributed by atoms with Crippen molar-refractivity contribution >= 4 is 22.4 Å². The fraction of sp³-hybridized carbons (Fsp3) is 0.200. The molecule has 0 radical (unpaired) electrons. The molecule has 0 saturated heterocycles. The maximum absolute atomic E-state index is 12.4. The molecule has 0 saturated carbocycles. The van der Waals surface area contributed by atoms with Crippen molar-refractivity contribution in [1.29, 1.82) is 0 Å². The Morgan fingerprint density at radius 1 is 1.22 bits per heavy atom. The summed E-state index contributed by atoms with van der Waals surface area (Å²) in [7, 11) is 3.11. The zero-order valence-electron chi connectivity index (χ0n) is 12.7. The van der Waals surface area contributed by atoms with Gasteiger partial charge in [-0.3, -0.25) is 9.59 Å². The first-order valence-corrected chi connectivity index (χ1v) is 7.49. The number of hydrogen-bond donors (Lipinski definition) is 0. The summed E-state index contributed by atoms with van der Waals surface area (Å²) < 4.78 is 12.0. The van der Waals surface area contributed by atoms with Gasteiger partial charge in [0, 0.05) is 5.56 Å². The van der Waals surface area contributed by atoms with Crippen LogP contribution in [-0.2, 0) is 0 Å². The second kappa shape index (κ2) is 5.81.